The molecule has 6 nitrogen and oxygen atoms in total. The first-order valence-electron chi connectivity index (χ1n) is 9.31. The Morgan fingerprint density at radius 1 is 1.12 bits per heavy atom. The van der Waals surface area contributed by atoms with Gasteiger partial charge in [0.1, 0.15) is 12.4 Å². The van der Waals surface area contributed by atoms with Crippen molar-refractivity contribution in [2.24, 2.45) is 0 Å². The van der Waals surface area contributed by atoms with Gasteiger partial charge in [-0.25, -0.2) is 13.1 Å². The molecule has 172 valence electrons. The number of ether oxygens (including phenoxy) is 1. The lowest BCUT2D eigenvalue weighted by atomic mass is 10.1. The molecule has 2 aromatic carbocycles. The number of carbonyl (C=O) groups excluding carboxylic acids is 1. The van der Waals surface area contributed by atoms with Crippen molar-refractivity contribution in [2.75, 3.05) is 19.7 Å². The number of terminal acetylenes is 1. The van der Waals surface area contributed by atoms with E-state index in [2.05, 4.69) is 16.0 Å². The van der Waals surface area contributed by atoms with Crippen LogP contribution in [0, 0.1) is 12.3 Å². The summed E-state index contributed by atoms with van der Waals surface area (Å²) in [7, 11) is -4.24. The number of hydrogen-bond acceptors (Lipinski definition) is 4. The van der Waals surface area contributed by atoms with Crippen molar-refractivity contribution in [3.63, 3.8) is 0 Å². The van der Waals surface area contributed by atoms with E-state index in [-0.39, 0.29) is 19.6 Å². The lowest BCUT2D eigenvalue weighted by Crippen LogP contribution is -2.31. The normalized spacial score (nSPS) is 11.6. The van der Waals surface area contributed by atoms with E-state index in [0.717, 1.165) is 17.7 Å². The smallest absolute Gasteiger partial charge is 0.417 e. The lowest BCUT2D eigenvalue weighted by molar-refractivity contribution is -0.137. The molecule has 0 spiro atoms. The van der Waals surface area contributed by atoms with Crippen molar-refractivity contribution < 1.29 is 31.1 Å². The van der Waals surface area contributed by atoms with Crippen LogP contribution in [0.5, 0.6) is 5.75 Å². The summed E-state index contributed by atoms with van der Waals surface area (Å²) in [4.78, 5) is 11.3. The standard InChI is InChI=1S/C21H20ClF3N2O4S/c1-2-13-31-16-5-3-15(4-6-16)9-11-26-20(28)10-12-27-32(29,30)17-7-8-19(22)18(14-17)21(23,24)25/h1,3-8,14,27H,9-13H2,(H,26,28). The number of carbonyl (C=O) groups is 1. The van der Waals surface area contributed by atoms with E-state index < -0.39 is 37.6 Å². The van der Waals surface area contributed by atoms with Crippen molar-refractivity contribution in [3.05, 3.63) is 58.6 Å². The lowest BCUT2D eigenvalue weighted by Gasteiger charge is -2.12. The molecule has 0 fully saturated rings. The number of benzene rings is 2. The number of rotatable bonds is 10. The zero-order chi connectivity index (χ0) is 23.8. The van der Waals surface area contributed by atoms with E-state index in [1.54, 1.807) is 12.1 Å². The predicted octanol–water partition coefficient (Wildman–Crippen LogP) is 3.40. The topological polar surface area (TPSA) is 84.5 Å². The Bertz CT molecular complexity index is 1080. The van der Waals surface area contributed by atoms with E-state index in [1.807, 2.05) is 12.1 Å². The molecule has 0 bridgehead atoms. The van der Waals surface area contributed by atoms with Gasteiger partial charge >= 0.3 is 6.18 Å². The van der Waals surface area contributed by atoms with Crippen LogP contribution in [0.3, 0.4) is 0 Å². The van der Waals surface area contributed by atoms with Gasteiger partial charge in [0.2, 0.25) is 15.9 Å². The fourth-order valence-corrected chi connectivity index (χ4v) is 3.87. The minimum absolute atomic E-state index is 0.167. The average Bonchev–Trinajstić information content (AvgIpc) is 2.72. The molecule has 11 heteroatoms. The van der Waals surface area contributed by atoms with E-state index in [1.165, 1.54) is 0 Å². The number of amides is 1. The Hall–Kier alpha value is -2.74. The van der Waals surface area contributed by atoms with Crippen molar-refractivity contribution >= 4 is 27.5 Å². The zero-order valence-electron chi connectivity index (χ0n) is 16.7. The molecular weight excluding hydrogens is 469 g/mol. The fourth-order valence-electron chi connectivity index (χ4n) is 2.58. The molecule has 0 atom stereocenters. The number of sulfonamides is 1. The summed E-state index contributed by atoms with van der Waals surface area (Å²) in [6, 6.07) is 9.44. The molecule has 2 aromatic rings. The molecule has 0 aliphatic rings. The van der Waals surface area contributed by atoms with Gasteiger partial charge < -0.3 is 10.1 Å². The highest BCUT2D eigenvalue weighted by molar-refractivity contribution is 7.89. The van der Waals surface area contributed by atoms with Gasteiger partial charge in [-0.15, -0.1) is 6.42 Å². The Morgan fingerprint density at radius 3 is 2.44 bits per heavy atom. The first-order chi connectivity index (χ1) is 15.0. The SMILES string of the molecule is C#CCOc1ccc(CCNC(=O)CCNS(=O)(=O)c2ccc(Cl)c(C(F)(F)F)c2)cc1. The third kappa shape index (κ3) is 7.75. The molecule has 0 unspecified atom stereocenters. The monoisotopic (exact) mass is 488 g/mol. The molecule has 0 saturated heterocycles. The van der Waals surface area contributed by atoms with Gasteiger partial charge in [-0.2, -0.15) is 13.2 Å². The van der Waals surface area contributed by atoms with Gasteiger partial charge in [0, 0.05) is 19.5 Å². The van der Waals surface area contributed by atoms with Gasteiger partial charge in [0.15, 0.2) is 0 Å². The molecular formula is C21H20ClF3N2O4S. The Morgan fingerprint density at radius 2 is 1.81 bits per heavy atom. The molecule has 0 radical (unpaired) electrons. The number of nitrogens with one attached hydrogen (secondary N) is 2. The van der Waals surface area contributed by atoms with E-state index in [9.17, 15) is 26.4 Å². The van der Waals surface area contributed by atoms with Crippen LogP contribution >= 0.6 is 11.6 Å². The highest BCUT2D eigenvalue weighted by atomic mass is 35.5. The summed E-state index contributed by atoms with van der Waals surface area (Å²) >= 11 is 5.50. The molecule has 0 heterocycles. The van der Waals surface area contributed by atoms with Crippen LogP contribution in [-0.4, -0.2) is 34.0 Å². The van der Waals surface area contributed by atoms with Crippen LogP contribution in [0.2, 0.25) is 5.02 Å². The van der Waals surface area contributed by atoms with Crippen molar-refractivity contribution in [1.82, 2.24) is 10.0 Å². The third-order valence-corrected chi connectivity index (χ3v) is 5.97. The van der Waals surface area contributed by atoms with Crippen LogP contribution in [-0.2, 0) is 27.4 Å². The number of alkyl halides is 3. The maximum absolute atomic E-state index is 12.9. The highest BCUT2D eigenvalue weighted by Crippen LogP contribution is 2.35. The minimum atomic E-state index is -4.79. The van der Waals surface area contributed by atoms with E-state index in [4.69, 9.17) is 22.8 Å². The number of halogens is 4. The molecule has 0 saturated carbocycles. The summed E-state index contributed by atoms with van der Waals surface area (Å²) in [6.07, 6.45) is 0.679. The summed E-state index contributed by atoms with van der Waals surface area (Å²) in [5, 5.41) is 2.04. The van der Waals surface area contributed by atoms with Crippen LogP contribution in [0.1, 0.15) is 17.5 Å². The highest BCUT2D eigenvalue weighted by Gasteiger charge is 2.34. The Kier molecular flexibility index (Phi) is 8.95. The second-order valence-electron chi connectivity index (χ2n) is 6.52. The van der Waals surface area contributed by atoms with Gasteiger partial charge in [-0.1, -0.05) is 29.7 Å². The molecule has 0 aliphatic heterocycles. The van der Waals surface area contributed by atoms with Crippen molar-refractivity contribution in [3.8, 4) is 18.1 Å². The van der Waals surface area contributed by atoms with Crippen LogP contribution < -0.4 is 14.8 Å². The summed E-state index contributed by atoms with van der Waals surface area (Å²) in [5.41, 5.74) is -0.308. The summed E-state index contributed by atoms with van der Waals surface area (Å²) in [6.45, 7) is 0.211. The van der Waals surface area contributed by atoms with Gasteiger partial charge in [0.05, 0.1) is 15.5 Å². The van der Waals surface area contributed by atoms with Crippen LogP contribution in [0.15, 0.2) is 47.4 Å². The first kappa shape index (κ1) is 25.5. The Balaban J connectivity index is 1.79. The maximum atomic E-state index is 12.9. The van der Waals surface area contributed by atoms with Crippen LogP contribution in [0.4, 0.5) is 13.2 Å². The maximum Gasteiger partial charge on any atom is 0.417 e. The molecule has 0 aromatic heterocycles. The van der Waals surface area contributed by atoms with E-state index in [0.29, 0.717) is 24.8 Å². The quantitative estimate of drug-likeness (QED) is 0.502. The molecule has 1 amide bonds. The van der Waals surface area contributed by atoms with Crippen molar-refractivity contribution in [2.45, 2.75) is 23.9 Å². The second kappa shape index (κ2) is 11.2. The second-order valence-corrected chi connectivity index (χ2v) is 8.70. The minimum Gasteiger partial charge on any atom is -0.481 e. The zero-order valence-corrected chi connectivity index (χ0v) is 18.3. The fraction of sp³-hybridized carbons (Fsp3) is 0.286. The summed E-state index contributed by atoms with van der Waals surface area (Å²) in [5.74, 6) is 2.58. The molecule has 32 heavy (non-hydrogen) atoms. The first-order valence-corrected chi connectivity index (χ1v) is 11.2. The molecule has 2 N–H and O–H groups in total. The molecule has 0 aliphatic carbocycles. The Labute approximate surface area is 189 Å². The average molecular weight is 489 g/mol. The third-order valence-electron chi connectivity index (χ3n) is 4.18. The van der Waals surface area contributed by atoms with Gasteiger partial charge in [0.25, 0.3) is 0 Å². The van der Waals surface area contributed by atoms with Crippen molar-refractivity contribution in [1.29, 1.82) is 0 Å². The van der Waals surface area contributed by atoms with Gasteiger partial charge in [-0.3, -0.25) is 4.79 Å². The largest absolute Gasteiger partial charge is 0.481 e. The van der Waals surface area contributed by atoms with Crippen LogP contribution in [0.25, 0.3) is 0 Å². The van der Waals surface area contributed by atoms with Gasteiger partial charge in [-0.05, 0) is 42.3 Å². The van der Waals surface area contributed by atoms with E-state index >= 15 is 0 Å². The summed E-state index contributed by atoms with van der Waals surface area (Å²) < 4.78 is 70.6. The predicted molar refractivity (Wildman–Crippen MR) is 114 cm³/mol. The molecule has 2 rings (SSSR count). The number of hydrogen-bond donors (Lipinski definition) is 2.